The minimum absolute atomic E-state index is 0.0482. The molecule has 0 atom stereocenters. The van der Waals surface area contributed by atoms with E-state index in [1.165, 1.54) is 18.2 Å². The van der Waals surface area contributed by atoms with Crippen molar-refractivity contribution in [3.05, 3.63) is 30.1 Å². The van der Waals surface area contributed by atoms with Crippen LogP contribution < -0.4 is 4.74 Å². The zero-order valence-corrected chi connectivity index (χ0v) is 13.2. The number of urea groups is 1. The van der Waals surface area contributed by atoms with E-state index in [-0.39, 0.29) is 24.9 Å². The van der Waals surface area contributed by atoms with Crippen molar-refractivity contribution in [2.45, 2.75) is 38.1 Å². The number of hydrogen-bond donors (Lipinski definition) is 0. The van der Waals surface area contributed by atoms with Gasteiger partial charge in [0.1, 0.15) is 6.61 Å². The number of hydrogen-bond acceptors (Lipinski definition) is 4. The third kappa shape index (κ3) is 3.11. The van der Waals surface area contributed by atoms with Crippen LogP contribution in [0.2, 0.25) is 0 Å². The highest BCUT2D eigenvalue weighted by molar-refractivity contribution is 6.44. The molecule has 6 nitrogen and oxygen atoms in total. The summed E-state index contributed by atoms with van der Waals surface area (Å²) in [5.41, 5.74) is 0. The third-order valence-corrected chi connectivity index (χ3v) is 4.43. The topological polar surface area (TPSA) is 66.9 Å². The van der Waals surface area contributed by atoms with E-state index in [0.717, 1.165) is 41.9 Å². The third-order valence-electron chi connectivity index (χ3n) is 4.43. The van der Waals surface area contributed by atoms with Gasteiger partial charge in [0.15, 0.2) is 11.6 Å². The average Bonchev–Trinajstić information content (AvgIpc) is 2.80. The Bertz CT molecular complexity index is 658. The van der Waals surface area contributed by atoms with Gasteiger partial charge in [-0.3, -0.25) is 19.4 Å². The second-order valence-electron chi connectivity index (χ2n) is 5.99. The lowest BCUT2D eigenvalue weighted by Crippen LogP contribution is -2.42. The van der Waals surface area contributed by atoms with Crippen molar-refractivity contribution in [3.8, 4) is 5.75 Å². The summed E-state index contributed by atoms with van der Waals surface area (Å²) >= 11 is 0. The molecule has 0 spiro atoms. The molecular formula is C17H19FN2O4. The number of para-hydroxylation sites is 1. The van der Waals surface area contributed by atoms with Crippen molar-refractivity contribution in [3.63, 3.8) is 0 Å². The number of amides is 4. The lowest BCUT2D eigenvalue weighted by molar-refractivity contribution is -0.144. The van der Waals surface area contributed by atoms with Crippen LogP contribution in [0.3, 0.4) is 0 Å². The van der Waals surface area contributed by atoms with Crippen molar-refractivity contribution in [1.82, 2.24) is 9.80 Å². The Hall–Kier alpha value is -2.44. The van der Waals surface area contributed by atoms with Crippen LogP contribution in [0.4, 0.5) is 9.18 Å². The van der Waals surface area contributed by atoms with Crippen LogP contribution in [0.5, 0.6) is 5.75 Å². The molecule has 1 aromatic carbocycles. The molecule has 24 heavy (non-hydrogen) atoms. The van der Waals surface area contributed by atoms with E-state index >= 15 is 0 Å². The van der Waals surface area contributed by atoms with Crippen LogP contribution >= 0.6 is 0 Å². The molecule has 0 aromatic heterocycles. The van der Waals surface area contributed by atoms with Crippen molar-refractivity contribution in [1.29, 1.82) is 0 Å². The van der Waals surface area contributed by atoms with Crippen LogP contribution in [0.1, 0.15) is 32.1 Å². The van der Waals surface area contributed by atoms with E-state index in [1.807, 2.05) is 0 Å². The quantitative estimate of drug-likeness (QED) is 0.612. The first-order valence-corrected chi connectivity index (χ1v) is 8.16. The largest absolute Gasteiger partial charge is 0.489 e. The van der Waals surface area contributed by atoms with E-state index in [4.69, 9.17) is 4.74 Å². The molecule has 7 heteroatoms. The minimum Gasteiger partial charge on any atom is -0.489 e. The molecule has 1 heterocycles. The molecule has 1 saturated carbocycles. The van der Waals surface area contributed by atoms with E-state index in [1.54, 1.807) is 6.07 Å². The SMILES string of the molecule is O=C1C(=O)N(C2CCCCC2)C(=O)N1CCOc1ccccc1F. The fourth-order valence-electron chi connectivity index (χ4n) is 3.19. The molecule has 1 saturated heterocycles. The molecule has 128 valence electrons. The normalized spacial score (nSPS) is 19.3. The Morgan fingerprint density at radius 1 is 1.04 bits per heavy atom. The maximum absolute atomic E-state index is 13.5. The lowest BCUT2D eigenvalue weighted by atomic mass is 9.94. The molecule has 1 aliphatic carbocycles. The van der Waals surface area contributed by atoms with Gasteiger partial charge in [0.05, 0.1) is 6.54 Å². The van der Waals surface area contributed by atoms with Crippen molar-refractivity contribution in [2.24, 2.45) is 0 Å². The van der Waals surface area contributed by atoms with Crippen molar-refractivity contribution < 1.29 is 23.5 Å². The maximum Gasteiger partial charge on any atom is 0.334 e. The molecule has 1 aliphatic heterocycles. The van der Waals surface area contributed by atoms with Gasteiger partial charge in [-0.1, -0.05) is 31.4 Å². The number of carbonyl (C=O) groups excluding carboxylic acids is 3. The van der Waals surface area contributed by atoms with Gasteiger partial charge in [-0.2, -0.15) is 0 Å². The van der Waals surface area contributed by atoms with Crippen LogP contribution in [0.25, 0.3) is 0 Å². The molecule has 2 fully saturated rings. The smallest absolute Gasteiger partial charge is 0.334 e. The van der Waals surface area contributed by atoms with Crippen LogP contribution in [0.15, 0.2) is 24.3 Å². The van der Waals surface area contributed by atoms with Crippen LogP contribution in [-0.4, -0.2) is 46.8 Å². The van der Waals surface area contributed by atoms with Crippen molar-refractivity contribution >= 4 is 17.8 Å². The Balaban J connectivity index is 1.61. The average molecular weight is 334 g/mol. The van der Waals surface area contributed by atoms with E-state index in [2.05, 4.69) is 0 Å². The van der Waals surface area contributed by atoms with Crippen LogP contribution in [0, 0.1) is 5.82 Å². The molecule has 1 aromatic rings. The Morgan fingerprint density at radius 2 is 1.75 bits per heavy atom. The highest BCUT2D eigenvalue weighted by Gasteiger charge is 2.47. The van der Waals surface area contributed by atoms with Gasteiger partial charge < -0.3 is 4.74 Å². The lowest BCUT2D eigenvalue weighted by Gasteiger charge is -2.28. The molecule has 3 rings (SSSR count). The van der Waals surface area contributed by atoms with Gasteiger partial charge in [-0.15, -0.1) is 0 Å². The number of halogens is 1. The summed E-state index contributed by atoms with van der Waals surface area (Å²) in [7, 11) is 0. The monoisotopic (exact) mass is 334 g/mol. The summed E-state index contributed by atoms with van der Waals surface area (Å²) in [4.78, 5) is 38.6. The summed E-state index contributed by atoms with van der Waals surface area (Å²) in [6.07, 6.45) is 4.47. The summed E-state index contributed by atoms with van der Waals surface area (Å²) in [6, 6.07) is 5.10. The predicted molar refractivity (Wildman–Crippen MR) is 82.7 cm³/mol. The zero-order chi connectivity index (χ0) is 17.1. The summed E-state index contributed by atoms with van der Waals surface area (Å²) in [5, 5.41) is 0. The predicted octanol–water partition coefficient (Wildman–Crippen LogP) is 2.33. The van der Waals surface area contributed by atoms with Gasteiger partial charge in [-0.05, 0) is 25.0 Å². The molecule has 2 aliphatic rings. The van der Waals surface area contributed by atoms with Crippen LogP contribution in [-0.2, 0) is 9.59 Å². The number of ether oxygens (including phenoxy) is 1. The zero-order valence-electron chi connectivity index (χ0n) is 13.2. The van der Waals surface area contributed by atoms with E-state index in [9.17, 15) is 18.8 Å². The number of rotatable bonds is 5. The summed E-state index contributed by atoms with van der Waals surface area (Å²) in [5.74, 6) is -2.07. The van der Waals surface area contributed by atoms with Crippen molar-refractivity contribution in [2.75, 3.05) is 13.2 Å². The van der Waals surface area contributed by atoms with E-state index < -0.39 is 23.7 Å². The fraction of sp³-hybridized carbons (Fsp3) is 0.471. The molecular weight excluding hydrogens is 315 g/mol. The van der Waals surface area contributed by atoms with E-state index in [0.29, 0.717) is 0 Å². The number of carbonyl (C=O) groups is 3. The Kier molecular flexibility index (Phi) is 4.78. The first-order chi connectivity index (χ1) is 11.6. The Labute approximate surface area is 139 Å². The minimum atomic E-state index is -0.831. The maximum atomic E-state index is 13.5. The van der Waals surface area contributed by atoms with Gasteiger partial charge in [0.2, 0.25) is 0 Å². The molecule has 0 unspecified atom stereocenters. The number of benzene rings is 1. The highest BCUT2D eigenvalue weighted by Crippen LogP contribution is 2.26. The number of imide groups is 2. The molecule has 0 radical (unpaired) electrons. The van der Waals surface area contributed by atoms with Gasteiger partial charge in [0, 0.05) is 6.04 Å². The van der Waals surface area contributed by atoms with Gasteiger partial charge in [0.25, 0.3) is 0 Å². The second kappa shape index (κ2) is 6.98. The highest BCUT2D eigenvalue weighted by atomic mass is 19.1. The first kappa shape index (κ1) is 16.4. The summed E-state index contributed by atoms with van der Waals surface area (Å²) < 4.78 is 18.7. The second-order valence-corrected chi connectivity index (χ2v) is 5.99. The van der Waals surface area contributed by atoms with Gasteiger partial charge in [-0.25, -0.2) is 9.18 Å². The molecule has 0 bridgehead atoms. The molecule has 4 amide bonds. The first-order valence-electron chi connectivity index (χ1n) is 8.16. The standard InChI is InChI=1S/C17H19FN2O4/c18-13-8-4-5-9-14(13)24-11-10-19-15(21)16(22)20(17(19)23)12-6-2-1-3-7-12/h4-5,8-9,12H,1-3,6-7,10-11H2. The fourth-order valence-corrected chi connectivity index (χ4v) is 3.19. The molecule has 0 N–H and O–H groups in total. The van der Waals surface area contributed by atoms with Gasteiger partial charge >= 0.3 is 17.8 Å². The summed E-state index contributed by atoms with van der Waals surface area (Å²) in [6.45, 7) is -0.148. The number of nitrogens with zero attached hydrogens (tertiary/aromatic N) is 2. The Morgan fingerprint density at radius 3 is 2.46 bits per heavy atom.